The molecule has 19 heavy (non-hydrogen) atoms. The zero-order chi connectivity index (χ0) is 14.1. The van der Waals surface area contributed by atoms with Crippen LogP contribution in [0.2, 0.25) is 0 Å². The molecule has 0 radical (unpaired) electrons. The molecule has 0 aliphatic carbocycles. The summed E-state index contributed by atoms with van der Waals surface area (Å²) in [7, 11) is 0. The summed E-state index contributed by atoms with van der Waals surface area (Å²) in [4.78, 5) is 4.32. The number of aliphatic hydroxyl groups is 1. The van der Waals surface area contributed by atoms with Crippen LogP contribution < -0.4 is 10.1 Å². The average Bonchev–Trinajstić information content (AvgIpc) is 2.48. The molecule has 1 aromatic rings. The molecule has 0 spiro atoms. The van der Waals surface area contributed by atoms with Gasteiger partial charge in [-0.05, 0) is 31.4 Å². The summed E-state index contributed by atoms with van der Waals surface area (Å²) in [5.74, 6) is 1.54. The molecule has 0 saturated carbocycles. The number of hydrogen-bond acceptors (Lipinski definition) is 4. The lowest BCUT2D eigenvalue weighted by molar-refractivity contribution is 0.127. The SMILES string of the molecule is CCCOc1cccnc1NCC(CC)(CC)CO. The van der Waals surface area contributed by atoms with Crippen LogP contribution in [0.15, 0.2) is 18.3 Å². The normalized spacial score (nSPS) is 11.4. The minimum absolute atomic E-state index is 0.0838. The first kappa shape index (κ1) is 15.8. The first-order valence-electron chi connectivity index (χ1n) is 7.14. The number of aromatic nitrogens is 1. The number of ether oxygens (including phenoxy) is 1. The van der Waals surface area contributed by atoms with Gasteiger partial charge in [0.25, 0.3) is 0 Å². The maximum Gasteiger partial charge on any atom is 0.168 e. The van der Waals surface area contributed by atoms with Crippen LogP contribution in [-0.4, -0.2) is 29.8 Å². The number of nitrogens with one attached hydrogen (secondary N) is 1. The lowest BCUT2D eigenvalue weighted by Gasteiger charge is -2.30. The number of rotatable bonds is 9. The van der Waals surface area contributed by atoms with Crippen molar-refractivity contribution in [3.63, 3.8) is 0 Å². The van der Waals surface area contributed by atoms with E-state index in [4.69, 9.17) is 4.74 Å². The minimum atomic E-state index is -0.0838. The Bertz CT molecular complexity index is 357. The van der Waals surface area contributed by atoms with Crippen molar-refractivity contribution in [3.8, 4) is 5.75 Å². The predicted octanol–water partition coefficient (Wildman–Crippen LogP) is 3.08. The van der Waals surface area contributed by atoms with Gasteiger partial charge in [-0.25, -0.2) is 4.98 Å². The molecule has 0 aliphatic rings. The summed E-state index contributed by atoms with van der Waals surface area (Å²) < 4.78 is 5.66. The van der Waals surface area contributed by atoms with Gasteiger partial charge in [0.15, 0.2) is 11.6 Å². The van der Waals surface area contributed by atoms with E-state index in [-0.39, 0.29) is 12.0 Å². The number of nitrogens with zero attached hydrogens (tertiary/aromatic N) is 1. The summed E-state index contributed by atoms with van der Waals surface area (Å²) >= 11 is 0. The Labute approximate surface area is 116 Å². The topological polar surface area (TPSA) is 54.4 Å². The van der Waals surface area contributed by atoms with Crippen LogP contribution >= 0.6 is 0 Å². The van der Waals surface area contributed by atoms with Gasteiger partial charge in [-0.15, -0.1) is 0 Å². The smallest absolute Gasteiger partial charge is 0.168 e. The highest BCUT2D eigenvalue weighted by Crippen LogP contribution is 2.28. The third-order valence-electron chi connectivity index (χ3n) is 3.70. The Morgan fingerprint density at radius 2 is 2.05 bits per heavy atom. The molecule has 0 aromatic carbocycles. The minimum Gasteiger partial charge on any atom is -0.490 e. The third-order valence-corrected chi connectivity index (χ3v) is 3.70. The van der Waals surface area contributed by atoms with Crippen LogP contribution in [0.25, 0.3) is 0 Å². The highest BCUT2D eigenvalue weighted by molar-refractivity contribution is 5.49. The van der Waals surface area contributed by atoms with E-state index in [0.717, 1.165) is 30.8 Å². The first-order valence-corrected chi connectivity index (χ1v) is 7.14. The Kier molecular flexibility index (Phi) is 6.64. The van der Waals surface area contributed by atoms with Crippen molar-refractivity contribution < 1.29 is 9.84 Å². The van der Waals surface area contributed by atoms with E-state index in [2.05, 4.69) is 31.1 Å². The van der Waals surface area contributed by atoms with Gasteiger partial charge in [0.05, 0.1) is 13.2 Å². The van der Waals surface area contributed by atoms with Gasteiger partial charge >= 0.3 is 0 Å². The van der Waals surface area contributed by atoms with Crippen molar-refractivity contribution in [2.75, 3.05) is 25.1 Å². The Hall–Kier alpha value is -1.29. The second kappa shape index (κ2) is 8.00. The van der Waals surface area contributed by atoms with Gasteiger partial charge in [0.1, 0.15) is 0 Å². The fourth-order valence-electron chi connectivity index (χ4n) is 1.90. The zero-order valence-corrected chi connectivity index (χ0v) is 12.3. The van der Waals surface area contributed by atoms with E-state index in [1.54, 1.807) is 6.20 Å². The highest BCUT2D eigenvalue weighted by atomic mass is 16.5. The first-order chi connectivity index (χ1) is 9.21. The van der Waals surface area contributed by atoms with Gasteiger partial charge < -0.3 is 15.2 Å². The third kappa shape index (κ3) is 4.39. The molecule has 1 heterocycles. The molecule has 1 rings (SSSR count). The summed E-state index contributed by atoms with van der Waals surface area (Å²) in [6.45, 7) is 7.87. The van der Waals surface area contributed by atoms with Gasteiger partial charge in [0, 0.05) is 18.2 Å². The Morgan fingerprint density at radius 1 is 1.32 bits per heavy atom. The van der Waals surface area contributed by atoms with Crippen molar-refractivity contribution in [1.82, 2.24) is 4.98 Å². The lowest BCUT2D eigenvalue weighted by atomic mass is 9.83. The quantitative estimate of drug-likeness (QED) is 0.721. The predicted molar refractivity (Wildman–Crippen MR) is 78.6 cm³/mol. The molecule has 0 aliphatic heterocycles. The molecule has 4 heteroatoms. The molecule has 0 saturated heterocycles. The van der Waals surface area contributed by atoms with Crippen LogP contribution in [-0.2, 0) is 0 Å². The van der Waals surface area contributed by atoms with E-state index in [1.807, 2.05) is 12.1 Å². The molecule has 0 unspecified atom stereocenters. The van der Waals surface area contributed by atoms with Crippen molar-refractivity contribution >= 4 is 5.82 Å². The maximum atomic E-state index is 9.57. The fourth-order valence-corrected chi connectivity index (χ4v) is 1.90. The maximum absolute atomic E-state index is 9.57. The Balaban J connectivity index is 2.71. The molecule has 2 N–H and O–H groups in total. The molecule has 4 nitrogen and oxygen atoms in total. The van der Waals surface area contributed by atoms with E-state index in [9.17, 15) is 5.11 Å². The molecule has 1 aromatic heterocycles. The van der Waals surface area contributed by atoms with Gasteiger partial charge in [0.2, 0.25) is 0 Å². The van der Waals surface area contributed by atoms with E-state index in [0.29, 0.717) is 13.2 Å². The van der Waals surface area contributed by atoms with Crippen molar-refractivity contribution in [1.29, 1.82) is 0 Å². The van der Waals surface area contributed by atoms with E-state index in [1.165, 1.54) is 0 Å². The Morgan fingerprint density at radius 3 is 2.63 bits per heavy atom. The van der Waals surface area contributed by atoms with E-state index >= 15 is 0 Å². The molecule has 0 bridgehead atoms. The fraction of sp³-hybridized carbons (Fsp3) is 0.667. The van der Waals surface area contributed by atoms with Crippen LogP contribution in [0.3, 0.4) is 0 Å². The monoisotopic (exact) mass is 266 g/mol. The lowest BCUT2D eigenvalue weighted by Crippen LogP contribution is -2.32. The number of hydrogen-bond donors (Lipinski definition) is 2. The van der Waals surface area contributed by atoms with E-state index < -0.39 is 0 Å². The second-order valence-electron chi connectivity index (χ2n) is 4.92. The van der Waals surface area contributed by atoms with Crippen LogP contribution in [0.1, 0.15) is 40.0 Å². The molecule has 0 fully saturated rings. The molecule has 0 amide bonds. The van der Waals surface area contributed by atoms with Crippen molar-refractivity contribution in [2.24, 2.45) is 5.41 Å². The number of aliphatic hydroxyl groups excluding tert-OH is 1. The largest absolute Gasteiger partial charge is 0.490 e. The van der Waals surface area contributed by atoms with Crippen LogP contribution in [0, 0.1) is 5.41 Å². The van der Waals surface area contributed by atoms with Crippen molar-refractivity contribution in [3.05, 3.63) is 18.3 Å². The van der Waals surface area contributed by atoms with Gasteiger partial charge in [-0.2, -0.15) is 0 Å². The van der Waals surface area contributed by atoms with Gasteiger partial charge in [-0.3, -0.25) is 0 Å². The summed E-state index contributed by atoms with van der Waals surface area (Å²) in [5.41, 5.74) is -0.0838. The van der Waals surface area contributed by atoms with Gasteiger partial charge in [-0.1, -0.05) is 20.8 Å². The number of pyridine rings is 1. The molecular weight excluding hydrogens is 240 g/mol. The molecular formula is C15H26N2O2. The zero-order valence-electron chi connectivity index (χ0n) is 12.3. The highest BCUT2D eigenvalue weighted by Gasteiger charge is 2.25. The summed E-state index contributed by atoms with van der Waals surface area (Å²) in [6.07, 6.45) is 4.59. The molecule has 108 valence electrons. The van der Waals surface area contributed by atoms with Crippen LogP contribution in [0.4, 0.5) is 5.82 Å². The van der Waals surface area contributed by atoms with Crippen molar-refractivity contribution in [2.45, 2.75) is 40.0 Å². The second-order valence-corrected chi connectivity index (χ2v) is 4.92. The standard InChI is InChI=1S/C15H26N2O2/c1-4-10-19-13-8-7-9-16-14(13)17-11-15(5-2,6-3)12-18/h7-9,18H,4-6,10-12H2,1-3H3,(H,16,17). The summed E-state index contributed by atoms with van der Waals surface area (Å²) in [6, 6.07) is 3.79. The number of anilines is 1. The average molecular weight is 266 g/mol. The molecule has 0 atom stereocenters. The van der Waals surface area contributed by atoms with Crippen LogP contribution in [0.5, 0.6) is 5.75 Å². The summed E-state index contributed by atoms with van der Waals surface area (Å²) in [5, 5.41) is 12.9.